The second kappa shape index (κ2) is 5.29. The van der Waals surface area contributed by atoms with Gasteiger partial charge in [-0.2, -0.15) is 0 Å². The lowest BCUT2D eigenvalue weighted by Gasteiger charge is -2.19. The van der Waals surface area contributed by atoms with Crippen LogP contribution in [0.5, 0.6) is 0 Å². The van der Waals surface area contributed by atoms with Crippen LogP contribution >= 0.6 is 0 Å². The summed E-state index contributed by atoms with van der Waals surface area (Å²) in [5.74, 6) is -0.254. The quantitative estimate of drug-likeness (QED) is 0.607. The van der Waals surface area contributed by atoms with Crippen LogP contribution in [0, 0.1) is 23.0 Å². The van der Waals surface area contributed by atoms with Gasteiger partial charge in [0.15, 0.2) is 0 Å². The van der Waals surface area contributed by atoms with Gasteiger partial charge in [0.2, 0.25) is 6.54 Å². The predicted molar refractivity (Wildman–Crippen MR) is 68.1 cm³/mol. The van der Waals surface area contributed by atoms with Gasteiger partial charge in [-0.1, -0.05) is 29.8 Å². The average molecular weight is 247 g/mol. The molecule has 4 heteroatoms. The van der Waals surface area contributed by atoms with E-state index in [1.165, 1.54) is 0 Å². The average Bonchev–Trinajstić information content (AvgIpc) is 2.73. The zero-order chi connectivity index (χ0) is 13.1. The molecule has 0 heterocycles. The van der Waals surface area contributed by atoms with E-state index in [1.54, 1.807) is 0 Å². The van der Waals surface area contributed by atoms with Crippen molar-refractivity contribution in [3.63, 3.8) is 0 Å². The Bertz CT molecular complexity index is 453. The standard InChI is InChI=1S/C14H17NO3/c1-10-5-7-11(8-6-10)13(9-15(17)18)12-3-2-4-14(12)16/h5-8,12-13H,2-4,9H2,1H3/t12-,13-/m0/s1. The van der Waals surface area contributed by atoms with E-state index in [2.05, 4.69) is 0 Å². The molecule has 0 radical (unpaired) electrons. The lowest BCUT2D eigenvalue weighted by Crippen LogP contribution is -2.24. The van der Waals surface area contributed by atoms with Crippen molar-refractivity contribution in [2.24, 2.45) is 5.92 Å². The molecule has 0 N–H and O–H groups in total. The van der Waals surface area contributed by atoms with Crippen molar-refractivity contribution in [2.45, 2.75) is 32.1 Å². The van der Waals surface area contributed by atoms with Gasteiger partial charge in [0.1, 0.15) is 5.78 Å². The largest absolute Gasteiger partial charge is 0.299 e. The summed E-state index contributed by atoms with van der Waals surface area (Å²) >= 11 is 0. The van der Waals surface area contributed by atoms with Gasteiger partial charge >= 0.3 is 0 Å². The molecule has 2 rings (SSSR count). The van der Waals surface area contributed by atoms with Crippen LogP contribution < -0.4 is 0 Å². The molecule has 1 aliphatic carbocycles. The first-order valence-corrected chi connectivity index (χ1v) is 6.29. The van der Waals surface area contributed by atoms with E-state index < -0.39 is 0 Å². The fourth-order valence-electron chi connectivity index (χ4n) is 2.71. The molecular weight excluding hydrogens is 230 g/mol. The smallest absolute Gasteiger partial charge is 0.211 e. The minimum absolute atomic E-state index is 0.153. The Balaban J connectivity index is 2.26. The molecule has 0 saturated heterocycles. The Morgan fingerprint density at radius 2 is 2.06 bits per heavy atom. The lowest BCUT2D eigenvalue weighted by molar-refractivity contribution is -0.484. The van der Waals surface area contributed by atoms with Crippen molar-refractivity contribution in [1.29, 1.82) is 0 Å². The number of carbonyl (C=O) groups excluding carboxylic acids is 1. The van der Waals surface area contributed by atoms with E-state index in [0.29, 0.717) is 6.42 Å². The summed E-state index contributed by atoms with van der Waals surface area (Å²) < 4.78 is 0. The second-order valence-electron chi connectivity index (χ2n) is 5.00. The minimum Gasteiger partial charge on any atom is -0.299 e. The molecule has 0 bridgehead atoms. The first-order chi connectivity index (χ1) is 8.58. The van der Waals surface area contributed by atoms with Crippen LogP contribution in [0.2, 0.25) is 0 Å². The van der Waals surface area contributed by atoms with Gasteiger partial charge in [-0.25, -0.2) is 0 Å². The van der Waals surface area contributed by atoms with Crippen molar-refractivity contribution in [3.05, 3.63) is 45.5 Å². The third-order valence-corrected chi connectivity index (χ3v) is 3.69. The maximum Gasteiger partial charge on any atom is 0.211 e. The highest BCUT2D eigenvalue weighted by molar-refractivity contribution is 5.83. The molecular formula is C14H17NO3. The number of carbonyl (C=O) groups is 1. The van der Waals surface area contributed by atoms with Crippen LogP contribution in [0.3, 0.4) is 0 Å². The first kappa shape index (κ1) is 12.7. The van der Waals surface area contributed by atoms with Gasteiger partial charge in [-0.15, -0.1) is 0 Å². The van der Waals surface area contributed by atoms with Gasteiger partial charge in [0, 0.05) is 17.3 Å². The maximum atomic E-state index is 11.8. The zero-order valence-corrected chi connectivity index (χ0v) is 10.5. The number of nitro groups is 1. The van der Waals surface area contributed by atoms with Crippen LogP contribution in [-0.4, -0.2) is 17.3 Å². The molecule has 0 spiro atoms. The Morgan fingerprint density at radius 3 is 2.56 bits per heavy atom. The molecule has 4 nitrogen and oxygen atoms in total. The highest BCUT2D eigenvalue weighted by Gasteiger charge is 2.35. The van der Waals surface area contributed by atoms with Crippen molar-refractivity contribution in [3.8, 4) is 0 Å². The first-order valence-electron chi connectivity index (χ1n) is 6.29. The monoisotopic (exact) mass is 247 g/mol. The van der Waals surface area contributed by atoms with E-state index in [1.807, 2.05) is 31.2 Å². The third kappa shape index (κ3) is 2.75. The van der Waals surface area contributed by atoms with Crippen molar-refractivity contribution < 1.29 is 9.72 Å². The fourth-order valence-corrected chi connectivity index (χ4v) is 2.71. The van der Waals surface area contributed by atoms with Gasteiger partial charge in [-0.05, 0) is 25.3 Å². The van der Waals surface area contributed by atoms with E-state index in [0.717, 1.165) is 24.0 Å². The van der Waals surface area contributed by atoms with Gasteiger partial charge in [-0.3, -0.25) is 14.9 Å². The number of benzene rings is 1. The Kier molecular flexibility index (Phi) is 3.75. The van der Waals surface area contributed by atoms with Gasteiger partial charge in [0.05, 0.1) is 5.92 Å². The Hall–Kier alpha value is -1.71. The minimum atomic E-state index is -0.309. The summed E-state index contributed by atoms with van der Waals surface area (Å²) in [6.07, 6.45) is 2.22. The van der Waals surface area contributed by atoms with Gasteiger partial charge < -0.3 is 0 Å². The molecule has 0 aromatic heterocycles. The van der Waals surface area contributed by atoms with Crippen molar-refractivity contribution in [2.75, 3.05) is 6.54 Å². The van der Waals surface area contributed by atoms with Crippen LogP contribution in [0.4, 0.5) is 0 Å². The molecule has 18 heavy (non-hydrogen) atoms. The molecule has 1 aromatic rings. The van der Waals surface area contributed by atoms with Crippen LogP contribution in [0.25, 0.3) is 0 Å². The third-order valence-electron chi connectivity index (χ3n) is 3.69. The number of hydrogen-bond acceptors (Lipinski definition) is 3. The molecule has 1 aromatic carbocycles. The summed E-state index contributed by atoms with van der Waals surface area (Å²) in [4.78, 5) is 22.3. The zero-order valence-electron chi connectivity index (χ0n) is 10.5. The molecule has 2 atom stereocenters. The second-order valence-corrected chi connectivity index (χ2v) is 5.00. The Labute approximate surface area is 106 Å². The molecule has 1 saturated carbocycles. The number of Topliss-reactive ketones (excluding diaryl/α,β-unsaturated/α-hetero) is 1. The van der Waals surface area contributed by atoms with Crippen molar-refractivity contribution in [1.82, 2.24) is 0 Å². The molecule has 1 fully saturated rings. The van der Waals surface area contributed by atoms with Gasteiger partial charge in [0.25, 0.3) is 0 Å². The number of ketones is 1. The van der Waals surface area contributed by atoms with Crippen molar-refractivity contribution >= 4 is 5.78 Å². The van der Waals surface area contributed by atoms with Crippen LogP contribution in [0.1, 0.15) is 36.3 Å². The normalized spacial score (nSPS) is 20.9. The van der Waals surface area contributed by atoms with E-state index in [9.17, 15) is 14.9 Å². The number of nitrogens with zero attached hydrogens (tertiary/aromatic N) is 1. The van der Waals surface area contributed by atoms with E-state index in [-0.39, 0.29) is 29.1 Å². The number of aryl methyl sites for hydroxylation is 1. The molecule has 0 amide bonds. The Morgan fingerprint density at radius 1 is 1.39 bits per heavy atom. The summed E-state index contributed by atoms with van der Waals surface area (Å²) in [6.45, 7) is 1.83. The predicted octanol–water partition coefficient (Wildman–Crippen LogP) is 2.72. The molecule has 0 aliphatic heterocycles. The van der Waals surface area contributed by atoms with E-state index >= 15 is 0 Å². The topological polar surface area (TPSA) is 60.2 Å². The summed E-state index contributed by atoms with van der Waals surface area (Å²) in [5, 5.41) is 10.8. The molecule has 0 unspecified atom stereocenters. The highest BCUT2D eigenvalue weighted by Crippen LogP contribution is 2.35. The van der Waals surface area contributed by atoms with Crippen LogP contribution in [-0.2, 0) is 4.79 Å². The summed E-state index contributed by atoms with van der Waals surface area (Å²) in [5.41, 5.74) is 2.04. The number of hydrogen-bond donors (Lipinski definition) is 0. The van der Waals surface area contributed by atoms with Crippen LogP contribution in [0.15, 0.2) is 24.3 Å². The molecule has 96 valence electrons. The highest BCUT2D eigenvalue weighted by atomic mass is 16.6. The lowest BCUT2D eigenvalue weighted by atomic mass is 9.84. The summed E-state index contributed by atoms with van der Waals surface area (Å²) in [6, 6.07) is 7.72. The SMILES string of the molecule is Cc1ccc([C@H](C[N+](=O)[O-])[C@@H]2CCCC2=O)cc1. The fraction of sp³-hybridized carbons (Fsp3) is 0.500. The number of rotatable bonds is 4. The molecule has 1 aliphatic rings. The van der Waals surface area contributed by atoms with E-state index in [4.69, 9.17) is 0 Å². The summed E-state index contributed by atoms with van der Waals surface area (Å²) in [7, 11) is 0. The maximum absolute atomic E-state index is 11.8.